The first-order valence-electron chi connectivity index (χ1n) is 11.8. The maximum absolute atomic E-state index is 13.5. The number of imidazole rings is 1. The highest BCUT2D eigenvalue weighted by Gasteiger charge is 2.35. The molecule has 0 saturated carbocycles. The highest BCUT2D eigenvalue weighted by atomic mass is 32.2. The van der Waals surface area contributed by atoms with Crippen LogP contribution in [0, 0.1) is 0 Å². The number of pyridine rings is 1. The van der Waals surface area contributed by atoms with E-state index in [0.717, 1.165) is 0 Å². The molecule has 2 aromatic heterocycles. The number of benzene rings is 1. The first kappa shape index (κ1) is 25.0. The molecule has 1 amide bonds. The van der Waals surface area contributed by atoms with Gasteiger partial charge in [-0.2, -0.15) is 0 Å². The third-order valence-corrected chi connectivity index (χ3v) is 7.94. The Labute approximate surface area is 205 Å². The minimum Gasteiger partial charge on any atom is -0.491 e. The molecule has 3 heterocycles. The molecule has 0 atom stereocenters. The van der Waals surface area contributed by atoms with Gasteiger partial charge in [-0.15, -0.1) is 0 Å². The SMILES string of the molecule is CC(C)Oc1cccc(-n2c(=O)n(C(C)C)c3cc(C(=O)NC4(C)CCS(=O)(=O)CC4)cnc32)c1. The number of hydrogen-bond acceptors (Lipinski definition) is 6. The topological polar surface area (TPSA) is 112 Å². The molecule has 4 rings (SSSR count). The highest BCUT2D eigenvalue weighted by Crippen LogP contribution is 2.26. The molecule has 0 aliphatic carbocycles. The largest absolute Gasteiger partial charge is 0.491 e. The Kier molecular flexibility index (Phi) is 6.52. The van der Waals surface area contributed by atoms with Gasteiger partial charge >= 0.3 is 5.69 Å². The summed E-state index contributed by atoms with van der Waals surface area (Å²) in [4.78, 5) is 31.1. The van der Waals surface area contributed by atoms with Crippen molar-refractivity contribution in [1.82, 2.24) is 19.4 Å². The molecular formula is C25H32N4O5S. The maximum atomic E-state index is 13.5. The third kappa shape index (κ3) is 5.12. The molecule has 188 valence electrons. The highest BCUT2D eigenvalue weighted by molar-refractivity contribution is 7.91. The number of nitrogens with one attached hydrogen (secondary N) is 1. The number of carbonyl (C=O) groups is 1. The second-order valence-corrected chi connectivity index (χ2v) is 12.3. The second kappa shape index (κ2) is 9.14. The first-order valence-corrected chi connectivity index (χ1v) is 13.6. The summed E-state index contributed by atoms with van der Waals surface area (Å²) in [5.41, 5.74) is 1.05. The third-order valence-electron chi connectivity index (χ3n) is 6.29. The van der Waals surface area contributed by atoms with E-state index in [0.29, 0.717) is 41.0 Å². The van der Waals surface area contributed by atoms with Crippen LogP contribution in [-0.4, -0.2) is 51.6 Å². The average Bonchev–Trinajstić information content (AvgIpc) is 3.07. The predicted octanol–water partition coefficient (Wildman–Crippen LogP) is 3.25. The molecule has 1 fully saturated rings. The molecule has 1 aliphatic rings. The van der Waals surface area contributed by atoms with Crippen LogP contribution in [0.5, 0.6) is 5.75 Å². The molecule has 9 nitrogen and oxygen atoms in total. The fourth-order valence-electron chi connectivity index (χ4n) is 4.38. The van der Waals surface area contributed by atoms with E-state index in [4.69, 9.17) is 4.74 Å². The molecular weight excluding hydrogens is 468 g/mol. The molecule has 1 aromatic carbocycles. The number of ether oxygens (including phenoxy) is 1. The smallest absolute Gasteiger partial charge is 0.335 e. The zero-order valence-electron chi connectivity index (χ0n) is 20.7. The van der Waals surface area contributed by atoms with Crippen LogP contribution in [-0.2, 0) is 9.84 Å². The summed E-state index contributed by atoms with van der Waals surface area (Å²) in [6.07, 6.45) is 2.16. The van der Waals surface area contributed by atoms with Gasteiger partial charge in [-0.3, -0.25) is 9.36 Å². The molecule has 1 N–H and O–H groups in total. The van der Waals surface area contributed by atoms with E-state index in [1.165, 1.54) is 10.8 Å². The molecule has 0 radical (unpaired) electrons. The zero-order valence-corrected chi connectivity index (χ0v) is 21.6. The number of carbonyl (C=O) groups excluding carboxylic acids is 1. The normalized spacial score (nSPS) is 17.1. The van der Waals surface area contributed by atoms with Crippen molar-refractivity contribution in [2.24, 2.45) is 0 Å². The minimum absolute atomic E-state index is 0.00990. The summed E-state index contributed by atoms with van der Waals surface area (Å²) in [6, 6.07) is 8.79. The van der Waals surface area contributed by atoms with Crippen LogP contribution < -0.4 is 15.7 Å². The van der Waals surface area contributed by atoms with Crippen LogP contribution >= 0.6 is 0 Å². The second-order valence-electron chi connectivity index (χ2n) is 9.98. The summed E-state index contributed by atoms with van der Waals surface area (Å²) in [5, 5.41) is 2.99. The van der Waals surface area contributed by atoms with E-state index in [1.807, 2.05) is 52.8 Å². The van der Waals surface area contributed by atoms with Gasteiger partial charge in [-0.1, -0.05) is 6.07 Å². The number of aromatic nitrogens is 3. The monoisotopic (exact) mass is 500 g/mol. The van der Waals surface area contributed by atoms with Crippen LogP contribution in [0.15, 0.2) is 41.3 Å². The molecule has 10 heteroatoms. The summed E-state index contributed by atoms with van der Waals surface area (Å²) in [7, 11) is -3.05. The Morgan fingerprint density at radius 2 is 1.83 bits per heavy atom. The standard InChI is InChI=1S/C25H32N4O5S/c1-16(2)28-21-13-18(23(30)27-25(5)9-11-35(32,33)12-10-25)15-26-22(21)29(24(28)31)19-7-6-8-20(14-19)34-17(3)4/h6-8,13-17H,9-12H2,1-5H3,(H,27,30). The van der Waals surface area contributed by atoms with Crippen molar-refractivity contribution in [3.63, 3.8) is 0 Å². The van der Waals surface area contributed by atoms with Gasteiger partial charge in [0.05, 0.1) is 34.4 Å². The lowest BCUT2D eigenvalue weighted by molar-refractivity contribution is 0.0899. The lowest BCUT2D eigenvalue weighted by Gasteiger charge is -2.34. The number of hydrogen-bond donors (Lipinski definition) is 1. The quantitative estimate of drug-likeness (QED) is 0.556. The summed E-state index contributed by atoms with van der Waals surface area (Å²) >= 11 is 0. The molecule has 1 aliphatic heterocycles. The van der Waals surface area contributed by atoms with Crippen molar-refractivity contribution in [2.75, 3.05) is 11.5 Å². The van der Waals surface area contributed by atoms with Gasteiger partial charge in [0, 0.05) is 23.8 Å². The molecule has 0 spiro atoms. The van der Waals surface area contributed by atoms with Gasteiger partial charge in [0.15, 0.2) is 5.65 Å². The Hall–Kier alpha value is -3.14. The Bertz CT molecular complexity index is 1420. The molecule has 1 saturated heterocycles. The van der Waals surface area contributed by atoms with E-state index in [9.17, 15) is 18.0 Å². The van der Waals surface area contributed by atoms with Gasteiger partial charge in [0.25, 0.3) is 5.91 Å². The van der Waals surface area contributed by atoms with Crippen molar-refractivity contribution in [1.29, 1.82) is 0 Å². The predicted molar refractivity (Wildman–Crippen MR) is 135 cm³/mol. The Balaban J connectivity index is 1.74. The number of sulfone groups is 1. The number of nitrogens with zero attached hydrogens (tertiary/aromatic N) is 3. The molecule has 0 bridgehead atoms. The van der Waals surface area contributed by atoms with Crippen molar-refractivity contribution in [3.05, 3.63) is 52.6 Å². The first-order chi connectivity index (χ1) is 16.4. The van der Waals surface area contributed by atoms with E-state index in [1.54, 1.807) is 16.7 Å². The fourth-order valence-corrected chi connectivity index (χ4v) is 6.11. The molecule has 0 unspecified atom stereocenters. The summed E-state index contributed by atoms with van der Waals surface area (Å²) < 4.78 is 32.5. The van der Waals surface area contributed by atoms with Crippen molar-refractivity contribution < 1.29 is 17.9 Å². The molecule has 35 heavy (non-hydrogen) atoms. The van der Waals surface area contributed by atoms with Crippen LogP contribution in [0.25, 0.3) is 16.9 Å². The van der Waals surface area contributed by atoms with E-state index >= 15 is 0 Å². The van der Waals surface area contributed by atoms with Gasteiger partial charge in [-0.05, 0) is 65.7 Å². The van der Waals surface area contributed by atoms with Crippen molar-refractivity contribution in [3.8, 4) is 11.4 Å². The number of amides is 1. The van der Waals surface area contributed by atoms with Crippen LogP contribution in [0.4, 0.5) is 0 Å². The number of fused-ring (bicyclic) bond motifs is 1. The Morgan fingerprint density at radius 1 is 1.14 bits per heavy atom. The summed E-state index contributed by atoms with van der Waals surface area (Å²) in [6.45, 7) is 9.53. The fraction of sp³-hybridized carbons (Fsp3) is 0.480. The van der Waals surface area contributed by atoms with Gasteiger partial charge in [0.2, 0.25) is 0 Å². The van der Waals surface area contributed by atoms with Crippen LogP contribution in [0.2, 0.25) is 0 Å². The van der Waals surface area contributed by atoms with E-state index in [2.05, 4.69) is 10.3 Å². The minimum atomic E-state index is -3.05. The zero-order chi connectivity index (χ0) is 25.5. The van der Waals surface area contributed by atoms with Crippen molar-refractivity contribution >= 4 is 26.9 Å². The van der Waals surface area contributed by atoms with Gasteiger partial charge < -0.3 is 10.1 Å². The average molecular weight is 501 g/mol. The van der Waals surface area contributed by atoms with E-state index in [-0.39, 0.29) is 35.2 Å². The van der Waals surface area contributed by atoms with Gasteiger partial charge in [0.1, 0.15) is 15.6 Å². The lowest BCUT2D eigenvalue weighted by atomic mass is 9.94. The van der Waals surface area contributed by atoms with Gasteiger partial charge in [-0.25, -0.2) is 22.8 Å². The summed E-state index contributed by atoms with van der Waals surface area (Å²) in [5.74, 6) is 0.407. The maximum Gasteiger partial charge on any atom is 0.335 e. The molecule has 3 aromatic rings. The van der Waals surface area contributed by atoms with E-state index < -0.39 is 15.4 Å². The van der Waals surface area contributed by atoms with Crippen LogP contribution in [0.3, 0.4) is 0 Å². The Morgan fingerprint density at radius 3 is 2.46 bits per heavy atom. The van der Waals surface area contributed by atoms with Crippen molar-refractivity contribution in [2.45, 2.75) is 65.1 Å². The lowest BCUT2D eigenvalue weighted by Crippen LogP contribution is -2.50. The van der Waals surface area contributed by atoms with Crippen LogP contribution in [0.1, 0.15) is 63.9 Å². The number of rotatable bonds is 6.